The molecule has 0 atom stereocenters. The normalized spacial score (nSPS) is 11.3. The summed E-state index contributed by atoms with van der Waals surface area (Å²) in [5.41, 5.74) is 5.15. The molecule has 15 heavy (non-hydrogen) atoms. The molecule has 0 radical (unpaired) electrons. The third kappa shape index (κ3) is 8.34. The molecule has 0 rings (SSSR count). The van der Waals surface area contributed by atoms with Gasteiger partial charge in [-0.25, -0.2) is 8.42 Å². The van der Waals surface area contributed by atoms with Crippen molar-refractivity contribution in [3.8, 4) is 0 Å². The van der Waals surface area contributed by atoms with Gasteiger partial charge in [-0.2, -0.15) is 0 Å². The van der Waals surface area contributed by atoms with E-state index in [1.807, 2.05) is 0 Å². The lowest BCUT2D eigenvalue weighted by Gasteiger charge is -2.05. The van der Waals surface area contributed by atoms with Crippen LogP contribution in [0.3, 0.4) is 0 Å². The monoisotopic (exact) mass is 238 g/mol. The maximum atomic E-state index is 11.0. The van der Waals surface area contributed by atoms with Crippen LogP contribution in [0.2, 0.25) is 0 Å². The Balaban J connectivity index is 3.55. The van der Waals surface area contributed by atoms with Gasteiger partial charge in [-0.05, 0) is 0 Å². The molecule has 0 aromatic heterocycles. The Kier molecular flexibility index (Phi) is 7.27. The van der Waals surface area contributed by atoms with Gasteiger partial charge in [-0.1, -0.05) is 6.92 Å². The first-order valence-electron chi connectivity index (χ1n) is 4.76. The van der Waals surface area contributed by atoms with Crippen LogP contribution in [0.1, 0.15) is 6.92 Å². The molecule has 1 amide bonds. The van der Waals surface area contributed by atoms with E-state index in [9.17, 15) is 13.2 Å². The molecule has 0 fully saturated rings. The zero-order chi connectivity index (χ0) is 11.7. The predicted octanol–water partition coefficient (Wildman–Crippen LogP) is -1.49. The second kappa shape index (κ2) is 7.61. The molecule has 0 aliphatic carbocycles. The van der Waals surface area contributed by atoms with Crippen molar-refractivity contribution < 1.29 is 17.9 Å². The van der Waals surface area contributed by atoms with Gasteiger partial charge in [0.15, 0.2) is 9.84 Å². The smallest absolute Gasteiger partial charge is 0.246 e. The van der Waals surface area contributed by atoms with Crippen molar-refractivity contribution in [3.05, 3.63) is 0 Å². The van der Waals surface area contributed by atoms with Crippen LogP contribution in [0, 0.1) is 0 Å². The van der Waals surface area contributed by atoms with Gasteiger partial charge < -0.3 is 15.8 Å². The lowest BCUT2D eigenvalue weighted by atomic mass is 10.6. The summed E-state index contributed by atoms with van der Waals surface area (Å²) in [7, 11) is -3.02. The van der Waals surface area contributed by atoms with Crippen molar-refractivity contribution in [1.29, 1.82) is 0 Å². The van der Waals surface area contributed by atoms with Gasteiger partial charge in [0.05, 0.1) is 12.4 Å². The van der Waals surface area contributed by atoms with Crippen LogP contribution in [0.15, 0.2) is 0 Å². The first-order valence-corrected chi connectivity index (χ1v) is 6.59. The molecule has 0 unspecified atom stereocenters. The molecule has 0 aromatic rings. The van der Waals surface area contributed by atoms with Gasteiger partial charge in [0.2, 0.25) is 5.91 Å². The topological polar surface area (TPSA) is 98.5 Å². The van der Waals surface area contributed by atoms with E-state index in [-0.39, 0.29) is 30.6 Å². The minimum atomic E-state index is -3.02. The summed E-state index contributed by atoms with van der Waals surface area (Å²) < 4.78 is 27.0. The number of hydrogen-bond acceptors (Lipinski definition) is 5. The second-order valence-electron chi connectivity index (χ2n) is 2.93. The zero-order valence-corrected chi connectivity index (χ0v) is 9.68. The number of hydrogen-bond donors (Lipinski definition) is 2. The average molecular weight is 238 g/mol. The minimum Gasteiger partial charge on any atom is -0.370 e. The molecular formula is C8H18N2O4S. The quantitative estimate of drug-likeness (QED) is 0.502. The summed E-state index contributed by atoms with van der Waals surface area (Å²) in [4.78, 5) is 11.0. The summed E-state index contributed by atoms with van der Waals surface area (Å²) in [5, 5.41) is 2.45. The molecule has 7 heteroatoms. The summed E-state index contributed by atoms with van der Waals surface area (Å²) >= 11 is 0. The number of nitrogens with one attached hydrogen (secondary N) is 1. The molecule has 0 saturated heterocycles. The summed E-state index contributed by atoms with van der Waals surface area (Å²) in [6.07, 6.45) is 0. The summed E-state index contributed by atoms with van der Waals surface area (Å²) in [6.45, 7) is 2.30. The van der Waals surface area contributed by atoms with E-state index >= 15 is 0 Å². The van der Waals surface area contributed by atoms with Gasteiger partial charge >= 0.3 is 0 Å². The standard InChI is InChI=1S/C8H18N2O4S/c1-2-15(12,13)6-4-10-8(11)7-14-5-3-9/h2-7,9H2,1H3,(H,10,11). The van der Waals surface area contributed by atoms with E-state index in [2.05, 4.69) is 5.32 Å². The van der Waals surface area contributed by atoms with Gasteiger partial charge in [0.25, 0.3) is 0 Å². The molecule has 6 nitrogen and oxygen atoms in total. The van der Waals surface area contributed by atoms with E-state index in [1.54, 1.807) is 6.92 Å². The molecular weight excluding hydrogens is 220 g/mol. The van der Waals surface area contributed by atoms with Crippen LogP contribution in [0.25, 0.3) is 0 Å². The zero-order valence-electron chi connectivity index (χ0n) is 8.86. The number of amides is 1. The van der Waals surface area contributed by atoms with Crippen molar-refractivity contribution in [2.75, 3.05) is 37.8 Å². The Labute approximate surface area is 90.1 Å². The molecule has 0 aromatic carbocycles. The van der Waals surface area contributed by atoms with E-state index in [1.165, 1.54) is 0 Å². The molecule has 0 heterocycles. The van der Waals surface area contributed by atoms with E-state index in [0.29, 0.717) is 13.2 Å². The first-order chi connectivity index (χ1) is 7.02. The Morgan fingerprint density at radius 3 is 2.67 bits per heavy atom. The number of sulfone groups is 1. The Bertz CT molecular complexity index is 276. The van der Waals surface area contributed by atoms with Gasteiger partial charge in [0, 0.05) is 18.8 Å². The van der Waals surface area contributed by atoms with Gasteiger partial charge in [-0.15, -0.1) is 0 Å². The lowest BCUT2D eigenvalue weighted by molar-refractivity contribution is -0.125. The van der Waals surface area contributed by atoms with Crippen LogP contribution in [0.5, 0.6) is 0 Å². The number of rotatable bonds is 8. The Hall–Kier alpha value is -0.660. The largest absolute Gasteiger partial charge is 0.370 e. The molecule has 0 saturated carbocycles. The van der Waals surface area contributed by atoms with Crippen LogP contribution in [-0.4, -0.2) is 52.1 Å². The molecule has 3 N–H and O–H groups in total. The van der Waals surface area contributed by atoms with Gasteiger partial charge in [-0.3, -0.25) is 4.79 Å². The van der Waals surface area contributed by atoms with Crippen LogP contribution in [0.4, 0.5) is 0 Å². The number of carbonyl (C=O) groups excluding carboxylic acids is 1. The third-order valence-corrected chi connectivity index (χ3v) is 3.38. The second-order valence-corrected chi connectivity index (χ2v) is 5.40. The highest BCUT2D eigenvalue weighted by Crippen LogP contribution is 1.86. The number of ether oxygens (including phenoxy) is 1. The SMILES string of the molecule is CCS(=O)(=O)CCNC(=O)COCCN. The highest BCUT2D eigenvalue weighted by molar-refractivity contribution is 7.91. The maximum absolute atomic E-state index is 11.0. The Morgan fingerprint density at radius 1 is 1.47 bits per heavy atom. The third-order valence-electron chi connectivity index (χ3n) is 1.67. The van der Waals surface area contributed by atoms with Gasteiger partial charge in [0.1, 0.15) is 6.61 Å². The molecule has 0 spiro atoms. The lowest BCUT2D eigenvalue weighted by Crippen LogP contribution is -2.32. The molecule has 0 aliphatic heterocycles. The van der Waals surface area contributed by atoms with Crippen molar-refractivity contribution in [2.45, 2.75) is 6.92 Å². The predicted molar refractivity (Wildman–Crippen MR) is 57.2 cm³/mol. The van der Waals surface area contributed by atoms with E-state index < -0.39 is 9.84 Å². The molecule has 0 aliphatic rings. The first kappa shape index (κ1) is 14.3. The average Bonchev–Trinajstić information content (AvgIpc) is 2.18. The summed E-state index contributed by atoms with van der Waals surface area (Å²) in [6, 6.07) is 0. The van der Waals surface area contributed by atoms with E-state index in [0.717, 1.165) is 0 Å². The number of nitrogens with two attached hydrogens (primary N) is 1. The fourth-order valence-corrected chi connectivity index (χ4v) is 1.49. The Morgan fingerprint density at radius 2 is 2.13 bits per heavy atom. The van der Waals surface area contributed by atoms with Crippen molar-refractivity contribution in [1.82, 2.24) is 5.32 Å². The van der Waals surface area contributed by atoms with Crippen LogP contribution >= 0.6 is 0 Å². The molecule has 90 valence electrons. The maximum Gasteiger partial charge on any atom is 0.246 e. The minimum absolute atomic E-state index is 0.0356. The van der Waals surface area contributed by atoms with E-state index in [4.69, 9.17) is 10.5 Å². The fraction of sp³-hybridized carbons (Fsp3) is 0.875. The highest BCUT2D eigenvalue weighted by Gasteiger charge is 2.07. The molecule has 0 bridgehead atoms. The van der Waals surface area contributed by atoms with Crippen molar-refractivity contribution >= 4 is 15.7 Å². The summed E-state index contributed by atoms with van der Waals surface area (Å²) in [5.74, 6) is -0.270. The highest BCUT2D eigenvalue weighted by atomic mass is 32.2. The van der Waals surface area contributed by atoms with Crippen molar-refractivity contribution in [2.24, 2.45) is 5.73 Å². The fourth-order valence-electron chi connectivity index (χ4n) is 0.790. The number of carbonyl (C=O) groups is 1. The van der Waals surface area contributed by atoms with Crippen LogP contribution in [-0.2, 0) is 19.4 Å². The van der Waals surface area contributed by atoms with Crippen LogP contribution < -0.4 is 11.1 Å². The van der Waals surface area contributed by atoms with Crippen molar-refractivity contribution in [3.63, 3.8) is 0 Å².